The standard InChI is InChI=1S/C19H26N4O2S.HI/c1-4-20-18(22-13-19(2,3)16-6-5-11-26-16)21-12-17(25)23-14-7-9-15(24)10-8-14;/h5-11,24H,4,12-13H2,1-3H3,(H,23,25)(H2,20,21,22);1H. The van der Waals surface area contributed by atoms with E-state index in [1.54, 1.807) is 23.5 Å². The molecule has 0 bridgehead atoms. The lowest BCUT2D eigenvalue weighted by Crippen LogP contribution is -2.43. The molecule has 6 nitrogen and oxygen atoms in total. The van der Waals surface area contributed by atoms with Crippen molar-refractivity contribution in [3.63, 3.8) is 0 Å². The number of halogens is 1. The normalized spacial score (nSPS) is 11.4. The van der Waals surface area contributed by atoms with Crippen LogP contribution in [0, 0.1) is 0 Å². The molecular formula is C19H27IN4O2S. The molecule has 148 valence electrons. The van der Waals surface area contributed by atoms with E-state index in [4.69, 9.17) is 0 Å². The van der Waals surface area contributed by atoms with Crippen molar-refractivity contribution < 1.29 is 9.90 Å². The molecule has 1 aromatic carbocycles. The zero-order chi connectivity index (χ0) is 19.0. The smallest absolute Gasteiger partial charge is 0.246 e. The minimum Gasteiger partial charge on any atom is -0.508 e. The van der Waals surface area contributed by atoms with Crippen LogP contribution in [0.15, 0.2) is 46.8 Å². The Bertz CT molecular complexity index is 731. The number of anilines is 1. The Balaban J connectivity index is 0.00000364. The second-order valence-electron chi connectivity index (χ2n) is 6.50. The SMILES string of the molecule is CCNC(=NCC(=O)Nc1ccc(O)cc1)NCC(C)(C)c1cccs1.I. The molecule has 27 heavy (non-hydrogen) atoms. The van der Waals surface area contributed by atoms with E-state index < -0.39 is 0 Å². The molecule has 0 aliphatic rings. The molecule has 0 spiro atoms. The summed E-state index contributed by atoms with van der Waals surface area (Å²) < 4.78 is 0. The first-order valence-corrected chi connectivity index (χ1v) is 9.44. The fourth-order valence-corrected chi connectivity index (χ4v) is 3.15. The fourth-order valence-electron chi connectivity index (χ4n) is 2.29. The van der Waals surface area contributed by atoms with Crippen molar-refractivity contribution >= 4 is 52.9 Å². The zero-order valence-electron chi connectivity index (χ0n) is 15.8. The molecule has 1 amide bonds. The van der Waals surface area contributed by atoms with Crippen LogP contribution in [0.4, 0.5) is 5.69 Å². The Labute approximate surface area is 181 Å². The van der Waals surface area contributed by atoms with Gasteiger partial charge in [-0.15, -0.1) is 35.3 Å². The van der Waals surface area contributed by atoms with Gasteiger partial charge in [0.2, 0.25) is 5.91 Å². The van der Waals surface area contributed by atoms with Crippen LogP contribution in [0.2, 0.25) is 0 Å². The molecule has 8 heteroatoms. The van der Waals surface area contributed by atoms with Crippen LogP contribution in [-0.4, -0.2) is 36.6 Å². The van der Waals surface area contributed by atoms with E-state index in [-0.39, 0.29) is 47.6 Å². The van der Waals surface area contributed by atoms with Crippen LogP contribution in [0.5, 0.6) is 5.75 Å². The Morgan fingerprint density at radius 1 is 1.19 bits per heavy atom. The number of aliphatic imine (C=N–C) groups is 1. The number of nitrogens with one attached hydrogen (secondary N) is 3. The summed E-state index contributed by atoms with van der Waals surface area (Å²) in [5.74, 6) is 0.552. The molecule has 0 saturated heterocycles. The molecule has 0 unspecified atom stereocenters. The van der Waals surface area contributed by atoms with Gasteiger partial charge in [-0.25, -0.2) is 4.99 Å². The lowest BCUT2D eigenvalue weighted by molar-refractivity contribution is -0.114. The molecule has 0 aliphatic heterocycles. The Kier molecular flexibility index (Phi) is 9.57. The van der Waals surface area contributed by atoms with Crippen LogP contribution >= 0.6 is 35.3 Å². The first kappa shape index (κ1) is 23.2. The second kappa shape index (κ2) is 11.1. The van der Waals surface area contributed by atoms with E-state index in [2.05, 4.69) is 52.3 Å². The summed E-state index contributed by atoms with van der Waals surface area (Å²) in [5, 5.41) is 20.6. The maximum absolute atomic E-state index is 12.1. The van der Waals surface area contributed by atoms with E-state index in [0.29, 0.717) is 24.7 Å². The number of phenols is 1. The molecule has 0 radical (unpaired) electrons. The largest absolute Gasteiger partial charge is 0.508 e. The van der Waals surface area contributed by atoms with Gasteiger partial charge in [0.15, 0.2) is 5.96 Å². The first-order valence-electron chi connectivity index (χ1n) is 8.56. The summed E-state index contributed by atoms with van der Waals surface area (Å²) >= 11 is 1.73. The molecule has 2 aromatic rings. The molecule has 2 rings (SSSR count). The summed E-state index contributed by atoms with van der Waals surface area (Å²) in [4.78, 5) is 17.7. The molecule has 0 aliphatic carbocycles. The van der Waals surface area contributed by atoms with Crippen molar-refractivity contribution in [1.82, 2.24) is 10.6 Å². The van der Waals surface area contributed by atoms with Gasteiger partial charge < -0.3 is 21.1 Å². The summed E-state index contributed by atoms with van der Waals surface area (Å²) in [5.41, 5.74) is 0.596. The average Bonchev–Trinajstić information content (AvgIpc) is 3.15. The van der Waals surface area contributed by atoms with Crippen molar-refractivity contribution in [3.05, 3.63) is 46.7 Å². The van der Waals surface area contributed by atoms with Gasteiger partial charge in [-0.3, -0.25) is 4.79 Å². The molecule has 4 N–H and O–H groups in total. The van der Waals surface area contributed by atoms with Crippen molar-refractivity contribution in [2.24, 2.45) is 4.99 Å². The molecule has 0 atom stereocenters. The third kappa shape index (κ3) is 7.76. The van der Waals surface area contributed by atoms with Gasteiger partial charge in [0.05, 0.1) is 0 Å². The third-order valence-corrected chi connectivity index (χ3v) is 5.00. The highest BCUT2D eigenvalue weighted by molar-refractivity contribution is 14.0. The topological polar surface area (TPSA) is 85.8 Å². The minimum absolute atomic E-state index is 0. The summed E-state index contributed by atoms with van der Waals surface area (Å²) in [6.07, 6.45) is 0. The predicted molar refractivity (Wildman–Crippen MR) is 123 cm³/mol. The summed E-state index contributed by atoms with van der Waals surface area (Å²) in [6.45, 7) is 7.76. The predicted octanol–water partition coefficient (Wildman–Crippen LogP) is 3.54. The highest BCUT2D eigenvalue weighted by Crippen LogP contribution is 2.26. The summed E-state index contributed by atoms with van der Waals surface area (Å²) in [6, 6.07) is 10.5. The van der Waals surface area contributed by atoms with Gasteiger partial charge in [-0.05, 0) is 42.6 Å². The summed E-state index contributed by atoms with van der Waals surface area (Å²) in [7, 11) is 0. The number of aromatic hydroxyl groups is 1. The van der Waals surface area contributed by atoms with Crippen molar-refractivity contribution in [2.75, 3.05) is 25.0 Å². The number of nitrogens with zero attached hydrogens (tertiary/aromatic N) is 1. The number of phenolic OH excluding ortho intramolecular Hbond substituents is 1. The maximum atomic E-state index is 12.1. The fraction of sp³-hybridized carbons (Fsp3) is 0.368. The van der Waals surface area contributed by atoms with E-state index in [9.17, 15) is 9.90 Å². The minimum atomic E-state index is -0.217. The van der Waals surface area contributed by atoms with E-state index in [1.165, 1.54) is 17.0 Å². The second-order valence-corrected chi connectivity index (χ2v) is 7.45. The Morgan fingerprint density at radius 3 is 2.48 bits per heavy atom. The van der Waals surface area contributed by atoms with Gasteiger partial charge in [-0.2, -0.15) is 0 Å². The zero-order valence-corrected chi connectivity index (χ0v) is 18.9. The van der Waals surface area contributed by atoms with Gasteiger partial charge >= 0.3 is 0 Å². The Morgan fingerprint density at radius 2 is 1.89 bits per heavy atom. The quantitative estimate of drug-likeness (QED) is 0.202. The number of carbonyl (C=O) groups is 1. The molecule has 1 heterocycles. The van der Waals surface area contributed by atoms with Gasteiger partial charge in [0, 0.05) is 29.1 Å². The highest BCUT2D eigenvalue weighted by atomic mass is 127. The number of carbonyl (C=O) groups excluding carboxylic acids is 1. The lowest BCUT2D eigenvalue weighted by Gasteiger charge is -2.25. The van der Waals surface area contributed by atoms with Gasteiger partial charge in [-0.1, -0.05) is 19.9 Å². The van der Waals surface area contributed by atoms with Gasteiger partial charge in [0.25, 0.3) is 0 Å². The van der Waals surface area contributed by atoms with Crippen molar-refractivity contribution in [2.45, 2.75) is 26.2 Å². The number of hydrogen-bond donors (Lipinski definition) is 4. The number of guanidine groups is 1. The van der Waals surface area contributed by atoms with Gasteiger partial charge in [0.1, 0.15) is 12.3 Å². The number of rotatable bonds is 7. The highest BCUT2D eigenvalue weighted by Gasteiger charge is 2.21. The monoisotopic (exact) mass is 502 g/mol. The molecule has 1 aromatic heterocycles. The number of amides is 1. The van der Waals surface area contributed by atoms with Crippen LogP contribution in [0.25, 0.3) is 0 Å². The van der Waals surface area contributed by atoms with Crippen LogP contribution in [0.1, 0.15) is 25.6 Å². The number of benzene rings is 1. The van der Waals surface area contributed by atoms with Crippen LogP contribution in [-0.2, 0) is 10.2 Å². The van der Waals surface area contributed by atoms with E-state index in [0.717, 1.165) is 0 Å². The van der Waals surface area contributed by atoms with Crippen molar-refractivity contribution in [3.8, 4) is 5.75 Å². The van der Waals surface area contributed by atoms with E-state index in [1.807, 2.05) is 6.92 Å². The number of hydrogen-bond acceptors (Lipinski definition) is 4. The third-order valence-electron chi connectivity index (χ3n) is 3.76. The maximum Gasteiger partial charge on any atom is 0.246 e. The van der Waals surface area contributed by atoms with E-state index >= 15 is 0 Å². The van der Waals surface area contributed by atoms with Crippen LogP contribution in [0.3, 0.4) is 0 Å². The molecular weight excluding hydrogens is 475 g/mol. The number of thiophene rings is 1. The molecule has 0 saturated carbocycles. The Hall–Kier alpha value is -1.81. The first-order chi connectivity index (χ1) is 12.4. The average molecular weight is 502 g/mol. The van der Waals surface area contributed by atoms with Crippen molar-refractivity contribution in [1.29, 1.82) is 0 Å². The molecule has 0 fully saturated rings. The lowest BCUT2D eigenvalue weighted by atomic mass is 9.91. The van der Waals surface area contributed by atoms with Crippen LogP contribution < -0.4 is 16.0 Å².